The third-order valence-corrected chi connectivity index (χ3v) is 6.73. The number of nitrogens with zero attached hydrogens (tertiary/aromatic N) is 3. The third-order valence-electron chi connectivity index (χ3n) is 5.84. The maximum Gasteiger partial charge on any atom is 0.232 e. The van der Waals surface area contributed by atoms with Gasteiger partial charge in [-0.25, -0.2) is 4.98 Å². The molecule has 2 heterocycles. The number of carbonyl (C=O) groups excluding carboxylic acids is 1. The van der Waals surface area contributed by atoms with Crippen LogP contribution in [0.5, 0.6) is 0 Å². The molecule has 2 N–H and O–H groups in total. The maximum atomic E-state index is 13.3. The first-order valence-electron chi connectivity index (χ1n) is 11.5. The lowest BCUT2D eigenvalue weighted by molar-refractivity contribution is -0.121. The lowest BCUT2D eigenvalue weighted by atomic mass is 9.90. The molecule has 0 saturated heterocycles. The van der Waals surface area contributed by atoms with Crippen LogP contribution >= 0.6 is 27.5 Å². The van der Waals surface area contributed by atoms with E-state index in [1.54, 1.807) is 10.7 Å². The van der Waals surface area contributed by atoms with E-state index in [0.717, 1.165) is 32.7 Å². The number of aromatic nitrogens is 3. The van der Waals surface area contributed by atoms with Gasteiger partial charge in [0.1, 0.15) is 5.82 Å². The summed E-state index contributed by atoms with van der Waals surface area (Å²) in [5.74, 6) is 0.319. The predicted molar refractivity (Wildman–Crippen MR) is 147 cm³/mol. The van der Waals surface area contributed by atoms with Gasteiger partial charge in [-0.15, -0.1) is 0 Å². The van der Waals surface area contributed by atoms with Crippen molar-refractivity contribution in [3.8, 4) is 11.3 Å². The van der Waals surface area contributed by atoms with Gasteiger partial charge in [-0.05, 0) is 33.1 Å². The molecule has 0 fully saturated rings. The summed E-state index contributed by atoms with van der Waals surface area (Å²) in [5, 5.41) is 11.5. The Morgan fingerprint density at radius 3 is 2.22 bits per heavy atom. The standard InChI is InChI=1S/C28H23BrClN5O/c29-22-18-33-35-25(17-24(34-27(22)35)21-13-7-8-14-23(21)30)31-15-16-32-28(36)26(19-9-3-1-4-10-19)20-11-5-2-6-12-20/h1-14,17-18,26,31H,15-16H2,(H,32,36). The van der Waals surface area contributed by atoms with Gasteiger partial charge < -0.3 is 10.6 Å². The van der Waals surface area contributed by atoms with Crippen molar-refractivity contribution in [2.45, 2.75) is 5.92 Å². The monoisotopic (exact) mass is 559 g/mol. The molecule has 5 rings (SSSR count). The SMILES string of the molecule is O=C(NCCNc1cc(-c2ccccc2Cl)nc2c(Br)cnn12)C(c1ccccc1)c1ccccc1. The smallest absolute Gasteiger partial charge is 0.232 e. The molecule has 0 radical (unpaired) electrons. The van der Waals surface area contributed by atoms with Crippen LogP contribution in [0.3, 0.4) is 0 Å². The molecule has 2 aromatic heterocycles. The predicted octanol–water partition coefficient (Wildman–Crippen LogP) is 6.17. The fourth-order valence-corrected chi connectivity index (χ4v) is 4.71. The van der Waals surface area contributed by atoms with Crippen molar-refractivity contribution >= 4 is 44.9 Å². The second kappa shape index (κ2) is 10.9. The van der Waals surface area contributed by atoms with Crippen molar-refractivity contribution in [2.75, 3.05) is 18.4 Å². The molecule has 36 heavy (non-hydrogen) atoms. The highest BCUT2D eigenvalue weighted by atomic mass is 79.9. The number of hydrogen-bond acceptors (Lipinski definition) is 4. The number of fused-ring (bicyclic) bond motifs is 1. The van der Waals surface area contributed by atoms with Gasteiger partial charge >= 0.3 is 0 Å². The summed E-state index contributed by atoms with van der Waals surface area (Å²) in [5.41, 5.74) is 4.15. The fourth-order valence-electron chi connectivity index (χ4n) is 4.13. The summed E-state index contributed by atoms with van der Waals surface area (Å²) in [6, 6.07) is 29.1. The Labute approximate surface area is 222 Å². The summed E-state index contributed by atoms with van der Waals surface area (Å²) in [4.78, 5) is 18.0. The number of nitrogens with one attached hydrogen (secondary N) is 2. The Bertz CT molecular complexity index is 1450. The molecule has 0 unspecified atom stereocenters. The molecule has 1 amide bonds. The number of halogens is 2. The summed E-state index contributed by atoms with van der Waals surface area (Å²) in [6.07, 6.45) is 1.70. The summed E-state index contributed by atoms with van der Waals surface area (Å²) < 4.78 is 2.50. The first-order chi connectivity index (χ1) is 17.6. The number of benzene rings is 3. The van der Waals surface area contributed by atoms with Crippen molar-refractivity contribution in [2.24, 2.45) is 0 Å². The van der Waals surface area contributed by atoms with Crippen LogP contribution in [0.25, 0.3) is 16.9 Å². The fraction of sp³-hybridized carbons (Fsp3) is 0.107. The molecule has 5 aromatic rings. The Balaban J connectivity index is 1.32. The highest BCUT2D eigenvalue weighted by molar-refractivity contribution is 9.10. The molecule has 0 aliphatic rings. The van der Waals surface area contributed by atoms with E-state index in [0.29, 0.717) is 23.8 Å². The molecule has 3 aromatic carbocycles. The first kappa shape index (κ1) is 24.0. The Kier molecular flexibility index (Phi) is 7.30. The van der Waals surface area contributed by atoms with Crippen LogP contribution in [0, 0.1) is 0 Å². The zero-order chi connectivity index (χ0) is 24.9. The van der Waals surface area contributed by atoms with Crippen molar-refractivity contribution in [1.82, 2.24) is 19.9 Å². The van der Waals surface area contributed by atoms with Crippen LogP contribution in [0.2, 0.25) is 5.02 Å². The Morgan fingerprint density at radius 2 is 1.56 bits per heavy atom. The normalized spacial score (nSPS) is 11.1. The second-order valence-corrected chi connectivity index (χ2v) is 9.47. The van der Waals surface area contributed by atoms with Crippen molar-refractivity contribution in [3.05, 3.63) is 118 Å². The number of hydrogen-bond donors (Lipinski definition) is 2. The average molecular weight is 561 g/mol. The summed E-state index contributed by atoms with van der Waals surface area (Å²) >= 11 is 9.95. The molecule has 0 aliphatic heterocycles. The molecule has 0 spiro atoms. The molecule has 0 saturated carbocycles. The largest absolute Gasteiger partial charge is 0.368 e. The van der Waals surface area contributed by atoms with Gasteiger partial charge in [0, 0.05) is 29.7 Å². The van der Waals surface area contributed by atoms with E-state index in [-0.39, 0.29) is 11.8 Å². The summed E-state index contributed by atoms with van der Waals surface area (Å²) in [7, 11) is 0. The second-order valence-electron chi connectivity index (χ2n) is 8.21. The number of amides is 1. The number of rotatable bonds is 8. The van der Waals surface area contributed by atoms with Gasteiger partial charge in [0.05, 0.1) is 22.3 Å². The van der Waals surface area contributed by atoms with Crippen LogP contribution in [0.15, 0.2) is 102 Å². The number of carbonyl (C=O) groups is 1. The van der Waals surface area contributed by atoms with Crippen LogP contribution in [0.4, 0.5) is 5.82 Å². The van der Waals surface area contributed by atoms with Crippen molar-refractivity contribution in [1.29, 1.82) is 0 Å². The minimum absolute atomic E-state index is 0.0485. The van der Waals surface area contributed by atoms with E-state index in [1.807, 2.05) is 91.0 Å². The van der Waals surface area contributed by atoms with Gasteiger partial charge in [0.25, 0.3) is 0 Å². The molecule has 6 nitrogen and oxygen atoms in total. The van der Waals surface area contributed by atoms with Gasteiger partial charge in [-0.2, -0.15) is 9.61 Å². The first-order valence-corrected chi connectivity index (χ1v) is 12.7. The third kappa shape index (κ3) is 5.12. The summed E-state index contributed by atoms with van der Waals surface area (Å²) in [6.45, 7) is 0.934. The van der Waals surface area contributed by atoms with Crippen LogP contribution < -0.4 is 10.6 Å². The molecule has 8 heteroatoms. The number of anilines is 1. The lowest BCUT2D eigenvalue weighted by Gasteiger charge is -2.18. The van der Waals surface area contributed by atoms with Crippen LogP contribution in [-0.2, 0) is 4.79 Å². The molecular formula is C28H23BrClN5O. The van der Waals surface area contributed by atoms with Gasteiger partial charge in [-0.3, -0.25) is 4.79 Å². The van der Waals surface area contributed by atoms with E-state index < -0.39 is 0 Å². The highest BCUT2D eigenvalue weighted by Gasteiger charge is 2.22. The topological polar surface area (TPSA) is 71.3 Å². The molecular weight excluding hydrogens is 538 g/mol. The van der Waals surface area contributed by atoms with E-state index in [9.17, 15) is 4.79 Å². The minimum Gasteiger partial charge on any atom is -0.368 e. The lowest BCUT2D eigenvalue weighted by Crippen LogP contribution is -2.33. The minimum atomic E-state index is -0.381. The van der Waals surface area contributed by atoms with Gasteiger partial charge in [-0.1, -0.05) is 90.5 Å². The van der Waals surface area contributed by atoms with Crippen LogP contribution in [0.1, 0.15) is 17.0 Å². The molecule has 0 bridgehead atoms. The zero-order valence-electron chi connectivity index (χ0n) is 19.2. The maximum absolute atomic E-state index is 13.3. The Hall–Kier alpha value is -3.68. The van der Waals surface area contributed by atoms with E-state index in [1.165, 1.54) is 0 Å². The van der Waals surface area contributed by atoms with E-state index >= 15 is 0 Å². The zero-order valence-corrected chi connectivity index (χ0v) is 21.6. The van der Waals surface area contributed by atoms with Crippen LogP contribution in [-0.4, -0.2) is 33.6 Å². The molecule has 0 atom stereocenters. The quantitative estimate of drug-likeness (QED) is 0.223. The average Bonchev–Trinajstić information content (AvgIpc) is 3.29. The Morgan fingerprint density at radius 1 is 0.917 bits per heavy atom. The van der Waals surface area contributed by atoms with Gasteiger partial charge in [0.15, 0.2) is 5.65 Å². The molecule has 0 aliphatic carbocycles. The van der Waals surface area contributed by atoms with Crippen molar-refractivity contribution in [3.63, 3.8) is 0 Å². The van der Waals surface area contributed by atoms with Gasteiger partial charge in [0.2, 0.25) is 5.91 Å². The highest BCUT2D eigenvalue weighted by Crippen LogP contribution is 2.30. The van der Waals surface area contributed by atoms with E-state index in [2.05, 4.69) is 31.7 Å². The van der Waals surface area contributed by atoms with E-state index in [4.69, 9.17) is 16.6 Å². The molecule has 180 valence electrons. The van der Waals surface area contributed by atoms with Crippen molar-refractivity contribution < 1.29 is 4.79 Å².